The molecule has 0 saturated heterocycles. The van der Waals surface area contributed by atoms with Crippen molar-refractivity contribution in [2.75, 3.05) is 0 Å². The van der Waals surface area contributed by atoms with E-state index < -0.39 is 0 Å². The van der Waals surface area contributed by atoms with Crippen LogP contribution in [0.25, 0.3) is 0 Å². The molecule has 0 aliphatic rings. The summed E-state index contributed by atoms with van der Waals surface area (Å²) in [5, 5.41) is 0. The van der Waals surface area contributed by atoms with Crippen molar-refractivity contribution in [1.29, 1.82) is 0 Å². The fraction of sp³-hybridized carbons (Fsp3) is 0.375. The molecule has 0 atom stereocenters. The van der Waals surface area contributed by atoms with E-state index in [1.807, 2.05) is 0 Å². The second kappa shape index (κ2) is 8.31. The molecule has 0 amide bonds. The Morgan fingerprint density at radius 2 is 1.18 bits per heavy atom. The van der Waals surface area contributed by atoms with Gasteiger partial charge in [-0.25, -0.2) is 12.1 Å². The van der Waals surface area contributed by atoms with Gasteiger partial charge in [-0.05, 0) is 0 Å². The minimum atomic E-state index is 0. The van der Waals surface area contributed by atoms with Crippen LogP contribution in [0.1, 0.15) is 36.1 Å². The maximum atomic E-state index is 2.22. The maximum Gasteiger partial charge on any atom is 2.00 e. The summed E-state index contributed by atoms with van der Waals surface area (Å²) in [7, 11) is 0. The quantitative estimate of drug-likeness (QED) is 0.556. The number of hydrogen-bond acceptors (Lipinski definition) is 0. The normalized spacial score (nSPS) is 9.18. The summed E-state index contributed by atoms with van der Waals surface area (Å²) in [4.78, 5) is 0. The summed E-state index contributed by atoms with van der Waals surface area (Å²) < 4.78 is 0. The standard InChI is InChI=1S/2C8H11.Ni/c2*1-3-8-5-4-7(2)6-8;/h2*4-6H,3H2,1-2H3;/q2*-1;+2. The first kappa shape index (κ1) is 16.2. The first-order valence-electron chi connectivity index (χ1n) is 6.10. The van der Waals surface area contributed by atoms with Gasteiger partial charge in [0.1, 0.15) is 0 Å². The fourth-order valence-corrected chi connectivity index (χ4v) is 1.69. The van der Waals surface area contributed by atoms with E-state index in [0.29, 0.717) is 0 Å². The summed E-state index contributed by atoms with van der Waals surface area (Å²) in [5.41, 5.74) is 5.65. The van der Waals surface area contributed by atoms with Crippen LogP contribution >= 0.6 is 0 Å². The van der Waals surface area contributed by atoms with Crippen LogP contribution < -0.4 is 0 Å². The number of aryl methyl sites for hydroxylation is 4. The summed E-state index contributed by atoms with van der Waals surface area (Å²) >= 11 is 0. The van der Waals surface area contributed by atoms with Crippen LogP contribution in [-0.4, -0.2) is 0 Å². The van der Waals surface area contributed by atoms with E-state index in [1.54, 1.807) is 0 Å². The zero-order valence-corrected chi connectivity index (χ0v) is 12.2. The van der Waals surface area contributed by atoms with Crippen molar-refractivity contribution in [3.8, 4) is 0 Å². The largest absolute Gasteiger partial charge is 2.00 e. The van der Waals surface area contributed by atoms with Crippen LogP contribution in [0.15, 0.2) is 36.4 Å². The molecule has 0 N–H and O–H groups in total. The average Bonchev–Trinajstić information content (AvgIpc) is 2.88. The van der Waals surface area contributed by atoms with Gasteiger partial charge in [0.2, 0.25) is 0 Å². The Morgan fingerprint density at radius 1 is 0.824 bits per heavy atom. The molecule has 17 heavy (non-hydrogen) atoms. The predicted octanol–water partition coefficient (Wildman–Crippen LogP) is 4.55. The third kappa shape index (κ3) is 5.89. The SMILES string of the molecule is CCc1cc[c-](C)c1.CCc1cc[c-](C)c1.[Ni+2]. The molecule has 1 heteroatoms. The molecule has 0 nitrogen and oxygen atoms in total. The van der Waals surface area contributed by atoms with Crippen molar-refractivity contribution >= 4 is 0 Å². The summed E-state index contributed by atoms with van der Waals surface area (Å²) in [6.45, 7) is 8.60. The zero-order valence-electron chi connectivity index (χ0n) is 11.2. The van der Waals surface area contributed by atoms with Gasteiger partial charge in [0.15, 0.2) is 0 Å². The minimum absolute atomic E-state index is 0. The zero-order chi connectivity index (χ0) is 12.0. The van der Waals surface area contributed by atoms with Gasteiger partial charge < -0.3 is 0 Å². The Morgan fingerprint density at radius 3 is 1.29 bits per heavy atom. The van der Waals surface area contributed by atoms with E-state index in [4.69, 9.17) is 0 Å². The Labute approximate surface area is 116 Å². The third-order valence-corrected chi connectivity index (χ3v) is 2.76. The molecular formula is C16H22Ni. The molecule has 2 rings (SSSR count). The van der Waals surface area contributed by atoms with E-state index in [2.05, 4.69) is 64.1 Å². The maximum absolute atomic E-state index is 2.22. The van der Waals surface area contributed by atoms with Crippen LogP contribution in [0, 0.1) is 13.8 Å². The number of hydrogen-bond donors (Lipinski definition) is 0. The van der Waals surface area contributed by atoms with Crippen LogP contribution in [0.5, 0.6) is 0 Å². The van der Waals surface area contributed by atoms with Gasteiger partial charge in [-0.1, -0.05) is 40.5 Å². The molecular weight excluding hydrogens is 251 g/mol. The molecule has 0 saturated carbocycles. The molecule has 2 aromatic carbocycles. The Bertz CT molecular complexity index is 366. The molecule has 0 aliphatic carbocycles. The van der Waals surface area contributed by atoms with Gasteiger partial charge >= 0.3 is 16.5 Å². The van der Waals surface area contributed by atoms with Crippen molar-refractivity contribution in [2.24, 2.45) is 0 Å². The molecule has 0 fully saturated rings. The van der Waals surface area contributed by atoms with Gasteiger partial charge in [0.25, 0.3) is 0 Å². The molecule has 0 aliphatic heterocycles. The monoisotopic (exact) mass is 272 g/mol. The summed E-state index contributed by atoms with van der Waals surface area (Å²) in [5.74, 6) is 0. The number of rotatable bonds is 2. The Kier molecular flexibility index (Phi) is 7.91. The van der Waals surface area contributed by atoms with E-state index in [9.17, 15) is 0 Å². The van der Waals surface area contributed by atoms with Crippen molar-refractivity contribution in [3.63, 3.8) is 0 Å². The molecule has 0 unspecified atom stereocenters. The molecule has 2 aromatic rings. The van der Waals surface area contributed by atoms with Crippen LogP contribution in [-0.2, 0) is 29.3 Å². The minimum Gasteiger partial charge on any atom is -0.210 e. The summed E-state index contributed by atoms with van der Waals surface area (Å²) in [6, 6.07) is 13.1. The van der Waals surface area contributed by atoms with Crippen molar-refractivity contribution in [2.45, 2.75) is 40.5 Å². The topological polar surface area (TPSA) is 0 Å². The Balaban J connectivity index is 0.000000284. The first-order chi connectivity index (χ1) is 7.65. The van der Waals surface area contributed by atoms with Gasteiger partial charge in [0, 0.05) is 0 Å². The fourth-order valence-electron chi connectivity index (χ4n) is 1.69. The molecule has 0 spiro atoms. The molecule has 0 heterocycles. The van der Waals surface area contributed by atoms with Gasteiger partial charge in [-0.2, -0.15) is 46.5 Å². The predicted molar refractivity (Wildman–Crippen MR) is 72.3 cm³/mol. The van der Waals surface area contributed by atoms with Gasteiger partial charge in [-0.3, -0.25) is 0 Å². The van der Waals surface area contributed by atoms with E-state index in [0.717, 1.165) is 12.8 Å². The molecule has 0 radical (unpaired) electrons. The summed E-state index contributed by atoms with van der Waals surface area (Å²) in [6.07, 6.45) is 2.32. The van der Waals surface area contributed by atoms with Gasteiger partial charge in [-0.15, -0.1) is 0 Å². The van der Waals surface area contributed by atoms with Gasteiger partial charge in [0.05, 0.1) is 0 Å². The second-order valence-electron chi connectivity index (χ2n) is 4.30. The molecule has 0 bridgehead atoms. The van der Waals surface area contributed by atoms with Crippen LogP contribution in [0.4, 0.5) is 0 Å². The first-order valence-corrected chi connectivity index (χ1v) is 6.10. The Hall–Kier alpha value is -0.806. The third-order valence-electron chi connectivity index (χ3n) is 2.76. The van der Waals surface area contributed by atoms with E-state index in [1.165, 1.54) is 22.3 Å². The van der Waals surface area contributed by atoms with Crippen LogP contribution in [0.2, 0.25) is 0 Å². The van der Waals surface area contributed by atoms with E-state index in [-0.39, 0.29) is 16.5 Å². The van der Waals surface area contributed by atoms with Crippen LogP contribution in [0.3, 0.4) is 0 Å². The van der Waals surface area contributed by atoms with E-state index >= 15 is 0 Å². The van der Waals surface area contributed by atoms with Crippen molar-refractivity contribution in [3.05, 3.63) is 58.7 Å². The van der Waals surface area contributed by atoms with Crippen molar-refractivity contribution in [1.82, 2.24) is 0 Å². The molecule has 0 aromatic heterocycles. The second-order valence-corrected chi connectivity index (χ2v) is 4.30. The van der Waals surface area contributed by atoms with Crippen molar-refractivity contribution < 1.29 is 16.5 Å². The molecule has 96 valence electrons. The average molecular weight is 273 g/mol. The smallest absolute Gasteiger partial charge is 0.210 e.